The molecule has 1 aromatic carbocycles. The summed E-state index contributed by atoms with van der Waals surface area (Å²) in [5, 5.41) is 8.97. The number of aromatic nitrogens is 2. The first-order valence-electron chi connectivity index (χ1n) is 11.1. The number of alkyl halides is 3. The van der Waals surface area contributed by atoms with E-state index in [1.807, 2.05) is 13.8 Å². The maximum absolute atomic E-state index is 13.3. The van der Waals surface area contributed by atoms with Crippen LogP contribution in [0.5, 0.6) is 0 Å². The molecular weight excluding hydrogens is 515 g/mol. The Hall–Kier alpha value is -2.86. The van der Waals surface area contributed by atoms with Gasteiger partial charge in [0.2, 0.25) is 0 Å². The van der Waals surface area contributed by atoms with Crippen molar-refractivity contribution in [2.45, 2.75) is 63.4 Å². The largest absolute Gasteiger partial charge is 0.464 e. The lowest BCUT2D eigenvalue weighted by molar-refractivity contribution is -0.141. The van der Waals surface area contributed by atoms with Crippen LogP contribution in [0.2, 0.25) is 0 Å². The van der Waals surface area contributed by atoms with E-state index in [0.29, 0.717) is 28.9 Å². The predicted molar refractivity (Wildman–Crippen MR) is 132 cm³/mol. The monoisotopic (exact) mass is 543 g/mol. The summed E-state index contributed by atoms with van der Waals surface area (Å²) >= 11 is 1.02. The zero-order chi connectivity index (χ0) is 27.1. The first kappa shape index (κ1) is 27.7. The lowest BCUT2D eigenvalue weighted by Crippen LogP contribution is -2.28. The number of amides is 1. The third kappa shape index (κ3) is 6.47. The van der Waals surface area contributed by atoms with Gasteiger partial charge in [-0.25, -0.2) is 22.9 Å². The highest BCUT2D eigenvalue weighted by Crippen LogP contribution is 2.37. The van der Waals surface area contributed by atoms with Crippen molar-refractivity contribution in [3.63, 3.8) is 0 Å². The van der Waals surface area contributed by atoms with Gasteiger partial charge in [-0.3, -0.25) is 0 Å². The van der Waals surface area contributed by atoms with E-state index < -0.39 is 33.4 Å². The number of nitrogens with zero attached hydrogens (tertiary/aromatic N) is 2. The molecule has 7 nitrogen and oxygen atoms in total. The molecule has 12 heteroatoms. The molecule has 2 heterocycles. The molecule has 0 radical (unpaired) electrons. The first-order chi connectivity index (χ1) is 16.5. The number of carbonyl (C=O) groups is 1. The molecule has 0 fully saturated rings. The fourth-order valence-electron chi connectivity index (χ4n) is 3.75. The number of rotatable bonds is 7. The van der Waals surface area contributed by atoms with Crippen LogP contribution in [0.4, 0.5) is 18.0 Å². The van der Waals surface area contributed by atoms with Gasteiger partial charge in [0.25, 0.3) is 10.0 Å². The Balaban J connectivity index is 1.99. The SMILES string of the molecule is CC(C)Cc1cc(-c2ccc(Cn3cc(C(F)(F)F)nc3C(C)(C)C)cc2)c(S(=O)(=O)NC(=O)O)s1. The number of benzene rings is 1. The van der Waals surface area contributed by atoms with E-state index in [9.17, 15) is 26.4 Å². The molecule has 3 aromatic rings. The van der Waals surface area contributed by atoms with E-state index in [0.717, 1.165) is 22.4 Å². The fourth-order valence-corrected chi connectivity index (χ4v) is 6.54. The van der Waals surface area contributed by atoms with Gasteiger partial charge in [-0.15, -0.1) is 11.3 Å². The number of imidazole rings is 1. The van der Waals surface area contributed by atoms with Gasteiger partial charge in [0, 0.05) is 28.6 Å². The second-order valence-electron chi connectivity index (χ2n) is 9.94. The Morgan fingerprint density at radius 1 is 1.17 bits per heavy atom. The van der Waals surface area contributed by atoms with Crippen molar-refractivity contribution in [1.29, 1.82) is 0 Å². The molecule has 3 rings (SSSR count). The van der Waals surface area contributed by atoms with E-state index in [-0.39, 0.29) is 16.7 Å². The maximum Gasteiger partial charge on any atom is 0.434 e. The minimum absolute atomic E-state index is 0.104. The average molecular weight is 544 g/mol. The predicted octanol–water partition coefficient (Wildman–Crippen LogP) is 6.13. The molecule has 0 aliphatic carbocycles. The van der Waals surface area contributed by atoms with E-state index in [1.165, 1.54) is 4.57 Å². The van der Waals surface area contributed by atoms with Gasteiger partial charge < -0.3 is 9.67 Å². The van der Waals surface area contributed by atoms with Gasteiger partial charge in [-0.1, -0.05) is 58.9 Å². The number of carboxylic acid groups (broad SMARTS) is 1. The van der Waals surface area contributed by atoms with Gasteiger partial charge in [-0.2, -0.15) is 13.2 Å². The molecule has 0 atom stereocenters. The number of thiophene rings is 1. The summed E-state index contributed by atoms with van der Waals surface area (Å²) in [6.45, 7) is 9.48. The Kier molecular flexibility index (Phi) is 7.62. The Morgan fingerprint density at radius 3 is 2.28 bits per heavy atom. The van der Waals surface area contributed by atoms with E-state index in [4.69, 9.17) is 5.11 Å². The molecule has 0 aliphatic heterocycles. The van der Waals surface area contributed by atoms with Crippen molar-refractivity contribution < 1.29 is 31.5 Å². The van der Waals surface area contributed by atoms with E-state index >= 15 is 0 Å². The van der Waals surface area contributed by atoms with Crippen molar-refractivity contribution in [2.75, 3.05) is 0 Å². The molecule has 196 valence electrons. The third-order valence-corrected chi connectivity index (χ3v) is 8.19. The van der Waals surface area contributed by atoms with Gasteiger partial charge in [0.1, 0.15) is 10.0 Å². The zero-order valence-electron chi connectivity index (χ0n) is 20.5. The van der Waals surface area contributed by atoms with Crippen LogP contribution in [-0.4, -0.2) is 29.2 Å². The Labute approximate surface area is 212 Å². The molecule has 36 heavy (non-hydrogen) atoms. The topological polar surface area (TPSA) is 101 Å². The van der Waals surface area contributed by atoms with Crippen LogP contribution in [0.25, 0.3) is 11.1 Å². The number of nitrogens with one attached hydrogen (secondary N) is 1. The summed E-state index contributed by atoms with van der Waals surface area (Å²) in [5.41, 5.74) is 0.0384. The van der Waals surface area contributed by atoms with Crippen LogP contribution < -0.4 is 4.72 Å². The lowest BCUT2D eigenvalue weighted by Gasteiger charge is -2.19. The van der Waals surface area contributed by atoms with Gasteiger partial charge >= 0.3 is 12.3 Å². The molecule has 0 unspecified atom stereocenters. The van der Waals surface area contributed by atoms with E-state index in [1.54, 1.807) is 55.8 Å². The summed E-state index contributed by atoms with van der Waals surface area (Å²) < 4.78 is 68.1. The molecule has 0 saturated carbocycles. The first-order valence-corrected chi connectivity index (χ1v) is 13.4. The van der Waals surface area contributed by atoms with Crippen LogP contribution in [0.1, 0.15) is 56.6 Å². The van der Waals surface area contributed by atoms with Gasteiger partial charge in [-0.05, 0) is 29.5 Å². The second-order valence-corrected chi connectivity index (χ2v) is 13.0. The highest BCUT2D eigenvalue weighted by Gasteiger charge is 2.36. The highest BCUT2D eigenvalue weighted by atomic mass is 32.2. The zero-order valence-corrected chi connectivity index (χ0v) is 22.1. The van der Waals surface area contributed by atoms with Crippen molar-refractivity contribution in [3.8, 4) is 11.1 Å². The average Bonchev–Trinajstić information content (AvgIpc) is 3.32. The molecule has 0 aliphatic rings. The van der Waals surface area contributed by atoms with Gasteiger partial charge in [0.15, 0.2) is 5.69 Å². The normalized spacial score (nSPS) is 12.8. The lowest BCUT2D eigenvalue weighted by atomic mass is 9.95. The Bertz CT molecular complexity index is 1350. The summed E-state index contributed by atoms with van der Waals surface area (Å²) in [6.07, 6.45) is -4.62. The molecule has 0 spiro atoms. The van der Waals surface area contributed by atoms with E-state index in [2.05, 4.69) is 4.98 Å². The Morgan fingerprint density at radius 2 is 1.78 bits per heavy atom. The second kappa shape index (κ2) is 9.89. The van der Waals surface area contributed by atoms with Crippen LogP contribution in [0.15, 0.2) is 40.7 Å². The highest BCUT2D eigenvalue weighted by molar-refractivity contribution is 7.92. The molecule has 1 amide bonds. The van der Waals surface area contributed by atoms with Crippen molar-refractivity contribution in [1.82, 2.24) is 14.3 Å². The summed E-state index contributed by atoms with van der Waals surface area (Å²) in [4.78, 5) is 15.7. The molecule has 2 aromatic heterocycles. The maximum atomic E-state index is 13.3. The molecular formula is C24H28F3N3O4S2. The minimum Gasteiger partial charge on any atom is -0.464 e. The van der Waals surface area contributed by atoms with Crippen LogP contribution in [-0.2, 0) is 34.6 Å². The number of halogens is 3. The molecule has 0 saturated heterocycles. The minimum atomic E-state index is -4.56. The van der Waals surface area contributed by atoms with Gasteiger partial charge in [0.05, 0.1) is 0 Å². The third-order valence-electron chi connectivity index (χ3n) is 5.18. The van der Waals surface area contributed by atoms with Crippen LogP contribution >= 0.6 is 11.3 Å². The standard InChI is InChI=1S/C24H28F3N3O4S2/c1-14(2)10-17-11-18(20(35-17)36(33,34)29-22(31)32)16-8-6-15(7-9-16)12-30-13-19(24(25,26)27)28-21(30)23(3,4)5/h6-9,11,13-14,29H,10,12H2,1-5H3,(H,31,32). The summed E-state index contributed by atoms with van der Waals surface area (Å²) in [7, 11) is -4.30. The molecule has 2 N–H and O–H groups in total. The summed E-state index contributed by atoms with van der Waals surface area (Å²) in [5.74, 6) is 0.554. The number of sulfonamides is 1. The quantitative estimate of drug-likeness (QED) is 0.373. The van der Waals surface area contributed by atoms with Crippen LogP contribution in [0.3, 0.4) is 0 Å². The van der Waals surface area contributed by atoms with Crippen molar-refractivity contribution in [3.05, 3.63) is 58.5 Å². The van der Waals surface area contributed by atoms with Crippen molar-refractivity contribution in [2.24, 2.45) is 5.92 Å². The smallest absolute Gasteiger partial charge is 0.434 e. The fraction of sp³-hybridized carbons (Fsp3) is 0.417. The van der Waals surface area contributed by atoms with Crippen LogP contribution in [0, 0.1) is 5.92 Å². The summed E-state index contributed by atoms with van der Waals surface area (Å²) in [6, 6.07) is 8.49. The number of hydrogen-bond donors (Lipinski definition) is 2. The van der Waals surface area contributed by atoms with Crippen molar-refractivity contribution >= 4 is 27.5 Å². The molecule has 0 bridgehead atoms. The number of hydrogen-bond acceptors (Lipinski definition) is 5.